The minimum absolute atomic E-state index is 0.127. The lowest BCUT2D eigenvalue weighted by Gasteiger charge is -2.28. The Labute approximate surface area is 154 Å². The van der Waals surface area contributed by atoms with Crippen molar-refractivity contribution in [3.05, 3.63) is 64.1 Å². The van der Waals surface area contributed by atoms with Crippen LogP contribution in [0, 0.1) is 0 Å². The van der Waals surface area contributed by atoms with Crippen molar-refractivity contribution < 1.29 is 19.5 Å². The molecule has 9 nitrogen and oxygen atoms in total. The zero-order valence-corrected chi connectivity index (χ0v) is 14.3. The molecule has 9 heteroatoms. The number of benzene rings is 1. The van der Waals surface area contributed by atoms with Crippen molar-refractivity contribution in [2.24, 2.45) is 0 Å². The van der Waals surface area contributed by atoms with Gasteiger partial charge in [-0.15, -0.1) is 0 Å². The molecule has 0 spiro atoms. The van der Waals surface area contributed by atoms with Crippen LogP contribution in [0.3, 0.4) is 0 Å². The number of rotatable bonds is 5. The van der Waals surface area contributed by atoms with E-state index >= 15 is 0 Å². The zero-order valence-electron chi connectivity index (χ0n) is 14.3. The first-order valence-corrected chi connectivity index (χ1v) is 8.31. The highest BCUT2D eigenvalue weighted by atomic mass is 16.3. The van der Waals surface area contributed by atoms with Gasteiger partial charge in [-0.25, -0.2) is 4.79 Å². The van der Waals surface area contributed by atoms with Crippen LogP contribution in [0.25, 0.3) is 0 Å². The fourth-order valence-corrected chi connectivity index (χ4v) is 2.75. The van der Waals surface area contributed by atoms with E-state index in [2.05, 4.69) is 15.6 Å². The van der Waals surface area contributed by atoms with Crippen molar-refractivity contribution >= 4 is 23.5 Å². The highest BCUT2D eigenvalue weighted by Crippen LogP contribution is 2.22. The molecule has 0 saturated carbocycles. The van der Waals surface area contributed by atoms with Gasteiger partial charge in [-0.1, -0.05) is 18.2 Å². The molecule has 2 aromatic rings. The van der Waals surface area contributed by atoms with E-state index in [1.54, 1.807) is 30.3 Å². The number of urea groups is 1. The number of hydrogen-bond acceptors (Lipinski definition) is 5. The summed E-state index contributed by atoms with van der Waals surface area (Å²) in [5.41, 5.74) is 0.525. The molecule has 1 saturated heterocycles. The Bertz CT molecular complexity index is 939. The monoisotopic (exact) mass is 370 g/mol. The van der Waals surface area contributed by atoms with Gasteiger partial charge >= 0.3 is 6.03 Å². The number of carbonyl (C=O) groups excluding carboxylic acids is 3. The summed E-state index contributed by atoms with van der Waals surface area (Å²) in [6, 6.07) is 10.3. The van der Waals surface area contributed by atoms with E-state index in [1.807, 2.05) is 0 Å². The molecule has 2 heterocycles. The predicted octanol–water partition coefficient (Wildman–Crippen LogP) is 0.285. The molecule has 0 aliphatic carbocycles. The number of H-pyrrole nitrogens is 1. The van der Waals surface area contributed by atoms with E-state index in [4.69, 9.17) is 0 Å². The number of carbonyl (C=O) groups is 3. The first-order valence-electron chi connectivity index (χ1n) is 8.31. The molecule has 1 fully saturated rings. The van der Waals surface area contributed by atoms with Gasteiger partial charge in [0.25, 0.3) is 5.91 Å². The van der Waals surface area contributed by atoms with Gasteiger partial charge in [0, 0.05) is 31.3 Å². The molecule has 1 atom stereocenters. The van der Waals surface area contributed by atoms with Crippen molar-refractivity contribution in [1.29, 1.82) is 0 Å². The molecule has 140 valence electrons. The zero-order chi connectivity index (χ0) is 19.4. The lowest BCUT2D eigenvalue weighted by molar-refractivity contribution is -0.120. The van der Waals surface area contributed by atoms with Crippen LogP contribution in [-0.2, 0) is 4.79 Å². The van der Waals surface area contributed by atoms with Crippen LogP contribution >= 0.6 is 0 Å². The Hall–Kier alpha value is -3.46. The second kappa shape index (κ2) is 7.83. The minimum Gasteiger partial charge on any atom is -0.385 e. The van der Waals surface area contributed by atoms with Crippen LogP contribution in [0.2, 0.25) is 0 Å². The molecule has 1 aliphatic heterocycles. The lowest BCUT2D eigenvalue weighted by atomic mass is 10.1. The van der Waals surface area contributed by atoms with Gasteiger partial charge < -0.3 is 15.4 Å². The smallest absolute Gasteiger partial charge is 0.328 e. The molecule has 1 unspecified atom stereocenters. The van der Waals surface area contributed by atoms with E-state index in [0.29, 0.717) is 5.69 Å². The fraction of sp³-hybridized carbons (Fsp3) is 0.222. The Kier molecular flexibility index (Phi) is 5.32. The van der Waals surface area contributed by atoms with Crippen molar-refractivity contribution in [2.45, 2.75) is 12.5 Å². The number of aliphatic hydroxyl groups is 1. The molecular formula is C18H18N4O5. The highest BCUT2D eigenvalue weighted by molar-refractivity contribution is 6.09. The molecule has 1 aromatic carbocycles. The average Bonchev–Trinajstić information content (AvgIpc) is 2.66. The number of anilines is 1. The molecule has 0 radical (unpaired) electrons. The fourth-order valence-electron chi connectivity index (χ4n) is 2.75. The summed E-state index contributed by atoms with van der Waals surface area (Å²) < 4.78 is 0. The average molecular weight is 370 g/mol. The van der Waals surface area contributed by atoms with Crippen LogP contribution in [-0.4, -0.2) is 41.0 Å². The number of amides is 4. The van der Waals surface area contributed by atoms with Gasteiger partial charge in [-0.05, 0) is 18.2 Å². The number of aliphatic hydroxyl groups excluding tert-OH is 1. The third-order valence-electron chi connectivity index (χ3n) is 4.10. The van der Waals surface area contributed by atoms with Crippen molar-refractivity contribution in [2.75, 3.05) is 18.0 Å². The number of para-hydroxylation sites is 1. The minimum atomic E-state index is -1.09. The molecule has 1 aromatic heterocycles. The normalized spacial score (nSPS) is 15.2. The number of imide groups is 1. The maximum absolute atomic E-state index is 12.6. The predicted molar refractivity (Wildman–Crippen MR) is 96.3 cm³/mol. The number of pyridine rings is 1. The Balaban J connectivity index is 1.73. The first kappa shape index (κ1) is 18.3. The standard InChI is InChI=1S/C18H18N4O5/c23-14(12-5-3-7-15(24)20-12)10-19-17(26)11-4-1-2-6-13(11)22-9-8-16(25)21-18(22)27/h1-7,14,23H,8-10H2,(H,19,26)(H,20,24)(H,21,25,27). The lowest BCUT2D eigenvalue weighted by Crippen LogP contribution is -2.50. The molecule has 0 bridgehead atoms. The van der Waals surface area contributed by atoms with E-state index in [-0.39, 0.29) is 42.2 Å². The van der Waals surface area contributed by atoms with E-state index in [1.165, 1.54) is 17.0 Å². The summed E-state index contributed by atoms with van der Waals surface area (Å²) in [7, 11) is 0. The van der Waals surface area contributed by atoms with Crippen LogP contribution in [0.5, 0.6) is 0 Å². The molecular weight excluding hydrogens is 352 g/mol. The Morgan fingerprint density at radius 1 is 1.15 bits per heavy atom. The van der Waals surface area contributed by atoms with E-state index < -0.39 is 18.0 Å². The summed E-state index contributed by atoms with van der Waals surface area (Å²) in [5, 5.41) is 14.9. The highest BCUT2D eigenvalue weighted by Gasteiger charge is 2.27. The summed E-state index contributed by atoms with van der Waals surface area (Å²) in [4.78, 5) is 51.0. The summed E-state index contributed by atoms with van der Waals surface area (Å²) >= 11 is 0. The van der Waals surface area contributed by atoms with Gasteiger partial charge in [-0.3, -0.25) is 24.6 Å². The Morgan fingerprint density at radius 3 is 2.67 bits per heavy atom. The maximum Gasteiger partial charge on any atom is 0.328 e. The van der Waals surface area contributed by atoms with Crippen molar-refractivity contribution in [3.8, 4) is 0 Å². The second-order valence-electron chi connectivity index (χ2n) is 5.97. The van der Waals surface area contributed by atoms with Crippen LogP contribution in [0.15, 0.2) is 47.3 Å². The van der Waals surface area contributed by atoms with Gasteiger partial charge in [-0.2, -0.15) is 0 Å². The number of aromatic amines is 1. The topological polar surface area (TPSA) is 132 Å². The van der Waals surface area contributed by atoms with Gasteiger partial charge in [0.15, 0.2) is 0 Å². The van der Waals surface area contributed by atoms with Crippen molar-refractivity contribution in [1.82, 2.24) is 15.6 Å². The van der Waals surface area contributed by atoms with Crippen LogP contribution < -0.4 is 21.1 Å². The molecule has 1 aliphatic rings. The van der Waals surface area contributed by atoms with Crippen molar-refractivity contribution in [3.63, 3.8) is 0 Å². The quantitative estimate of drug-likeness (QED) is 0.600. The third-order valence-corrected chi connectivity index (χ3v) is 4.10. The number of hydrogen-bond donors (Lipinski definition) is 4. The van der Waals surface area contributed by atoms with E-state index in [9.17, 15) is 24.3 Å². The first-order chi connectivity index (χ1) is 13.0. The number of nitrogens with zero attached hydrogens (tertiary/aromatic N) is 1. The number of nitrogens with one attached hydrogen (secondary N) is 3. The molecule has 4 amide bonds. The van der Waals surface area contributed by atoms with Crippen LogP contribution in [0.4, 0.5) is 10.5 Å². The SMILES string of the molecule is O=C1CCN(c2ccccc2C(=O)NCC(O)c2cccc(=O)[nH]2)C(=O)N1. The number of aromatic nitrogens is 1. The summed E-state index contributed by atoms with van der Waals surface area (Å²) in [6.07, 6.45) is -0.951. The largest absolute Gasteiger partial charge is 0.385 e. The maximum atomic E-state index is 12.6. The third kappa shape index (κ3) is 4.21. The molecule has 27 heavy (non-hydrogen) atoms. The van der Waals surface area contributed by atoms with Crippen LogP contribution in [0.1, 0.15) is 28.6 Å². The van der Waals surface area contributed by atoms with Gasteiger partial charge in [0.05, 0.1) is 11.3 Å². The molecule has 3 rings (SSSR count). The Morgan fingerprint density at radius 2 is 1.93 bits per heavy atom. The molecule has 4 N–H and O–H groups in total. The van der Waals surface area contributed by atoms with E-state index in [0.717, 1.165) is 0 Å². The van der Waals surface area contributed by atoms with Gasteiger partial charge in [0.2, 0.25) is 11.5 Å². The van der Waals surface area contributed by atoms with Gasteiger partial charge in [0.1, 0.15) is 6.10 Å². The summed E-state index contributed by atoms with van der Waals surface area (Å²) in [5.74, 6) is -0.856. The second-order valence-corrected chi connectivity index (χ2v) is 5.97. The summed E-state index contributed by atoms with van der Waals surface area (Å²) in [6.45, 7) is 0.0423.